The number of nitrogens with one attached hydrogen (secondary N) is 2. The van der Waals surface area contributed by atoms with E-state index in [1.54, 1.807) is 10.7 Å². The molecule has 1 fully saturated rings. The van der Waals surface area contributed by atoms with Gasteiger partial charge in [-0.15, -0.1) is 5.10 Å². The molecular weight excluding hydrogens is 274 g/mol. The highest BCUT2D eigenvalue weighted by molar-refractivity contribution is 6.30. The fourth-order valence-corrected chi connectivity index (χ4v) is 2.90. The van der Waals surface area contributed by atoms with Gasteiger partial charge in [-0.1, -0.05) is 25.4 Å². The highest BCUT2D eigenvalue weighted by atomic mass is 35.5. The van der Waals surface area contributed by atoms with Gasteiger partial charge >= 0.3 is 0 Å². The average Bonchev–Trinajstić information content (AvgIpc) is 2.79. The lowest BCUT2D eigenvalue weighted by molar-refractivity contribution is 0.188. The Balaban J connectivity index is 1.70. The lowest BCUT2D eigenvalue weighted by Crippen LogP contribution is -2.50. The van der Waals surface area contributed by atoms with Crippen molar-refractivity contribution in [1.82, 2.24) is 19.9 Å². The van der Waals surface area contributed by atoms with Gasteiger partial charge in [0.25, 0.3) is 0 Å². The SMILES string of the molecule is CC1(C)CCCNC1CNc1nc2ccc(Cl)cn2n1. The summed E-state index contributed by atoms with van der Waals surface area (Å²) in [6.07, 6.45) is 4.26. The van der Waals surface area contributed by atoms with Gasteiger partial charge in [0, 0.05) is 18.8 Å². The largest absolute Gasteiger partial charge is 0.351 e. The predicted molar refractivity (Wildman–Crippen MR) is 81.3 cm³/mol. The van der Waals surface area contributed by atoms with Crippen molar-refractivity contribution in [2.75, 3.05) is 18.4 Å². The number of nitrogens with zero attached hydrogens (tertiary/aromatic N) is 3. The molecule has 20 heavy (non-hydrogen) atoms. The minimum atomic E-state index is 0.299. The number of aromatic nitrogens is 3. The Morgan fingerprint density at radius 1 is 1.50 bits per heavy atom. The summed E-state index contributed by atoms with van der Waals surface area (Å²) >= 11 is 5.95. The quantitative estimate of drug-likeness (QED) is 0.913. The minimum absolute atomic E-state index is 0.299. The first kappa shape index (κ1) is 13.6. The highest BCUT2D eigenvalue weighted by Gasteiger charge is 2.31. The molecule has 1 aliphatic rings. The van der Waals surface area contributed by atoms with E-state index in [0.29, 0.717) is 22.4 Å². The van der Waals surface area contributed by atoms with Gasteiger partial charge in [-0.25, -0.2) is 4.52 Å². The smallest absolute Gasteiger partial charge is 0.243 e. The summed E-state index contributed by atoms with van der Waals surface area (Å²) in [5.74, 6) is 0.649. The molecule has 2 aromatic heterocycles. The number of hydrogen-bond acceptors (Lipinski definition) is 4. The molecule has 3 rings (SSSR count). The Hall–Kier alpha value is -1.33. The van der Waals surface area contributed by atoms with Gasteiger partial charge < -0.3 is 10.6 Å². The molecule has 1 atom stereocenters. The summed E-state index contributed by atoms with van der Waals surface area (Å²) < 4.78 is 1.70. The third-order valence-corrected chi connectivity index (χ3v) is 4.31. The fourth-order valence-electron chi connectivity index (χ4n) is 2.75. The molecule has 6 heteroatoms. The summed E-state index contributed by atoms with van der Waals surface area (Å²) in [7, 11) is 0. The fraction of sp³-hybridized carbons (Fsp3) is 0.571. The van der Waals surface area contributed by atoms with Crippen LogP contribution in [0.3, 0.4) is 0 Å². The molecule has 0 aliphatic carbocycles. The number of rotatable bonds is 3. The number of anilines is 1. The van der Waals surface area contributed by atoms with Gasteiger partial charge in [0.15, 0.2) is 5.65 Å². The number of fused-ring (bicyclic) bond motifs is 1. The molecule has 0 amide bonds. The van der Waals surface area contributed by atoms with Crippen LogP contribution in [0.25, 0.3) is 5.65 Å². The van der Waals surface area contributed by atoms with Gasteiger partial charge in [-0.05, 0) is 36.9 Å². The van der Waals surface area contributed by atoms with E-state index in [-0.39, 0.29) is 0 Å². The molecule has 2 aromatic rings. The lowest BCUT2D eigenvalue weighted by Gasteiger charge is -2.39. The van der Waals surface area contributed by atoms with Crippen molar-refractivity contribution in [2.24, 2.45) is 5.41 Å². The van der Waals surface area contributed by atoms with Gasteiger partial charge in [0.1, 0.15) is 0 Å². The Labute approximate surface area is 123 Å². The molecule has 5 nitrogen and oxygen atoms in total. The molecule has 108 valence electrons. The predicted octanol–water partition coefficient (Wildman–Crippen LogP) is 2.57. The summed E-state index contributed by atoms with van der Waals surface area (Å²) in [4.78, 5) is 4.44. The van der Waals surface area contributed by atoms with Crippen LogP contribution in [0, 0.1) is 5.41 Å². The Kier molecular flexibility index (Phi) is 3.56. The van der Waals surface area contributed by atoms with Gasteiger partial charge in [0.2, 0.25) is 5.95 Å². The van der Waals surface area contributed by atoms with Gasteiger partial charge in [-0.2, -0.15) is 4.98 Å². The van der Waals surface area contributed by atoms with E-state index in [0.717, 1.165) is 18.7 Å². The first-order chi connectivity index (χ1) is 9.54. The van der Waals surface area contributed by atoms with E-state index in [2.05, 4.69) is 34.6 Å². The van der Waals surface area contributed by atoms with Crippen LogP contribution in [-0.4, -0.2) is 33.7 Å². The molecule has 0 radical (unpaired) electrons. The van der Waals surface area contributed by atoms with Crippen LogP contribution in [-0.2, 0) is 0 Å². The second kappa shape index (κ2) is 5.22. The van der Waals surface area contributed by atoms with Crippen LogP contribution in [0.4, 0.5) is 5.95 Å². The second-order valence-corrected chi connectivity index (χ2v) is 6.50. The lowest BCUT2D eigenvalue weighted by atomic mass is 9.77. The van der Waals surface area contributed by atoms with E-state index in [4.69, 9.17) is 11.6 Å². The van der Waals surface area contributed by atoms with E-state index in [1.165, 1.54) is 12.8 Å². The monoisotopic (exact) mass is 293 g/mol. The molecule has 1 aliphatic heterocycles. The van der Waals surface area contributed by atoms with Crippen LogP contribution in [0.2, 0.25) is 5.02 Å². The first-order valence-corrected chi connectivity index (χ1v) is 7.42. The van der Waals surface area contributed by atoms with Crippen LogP contribution in [0.5, 0.6) is 0 Å². The molecule has 0 saturated carbocycles. The zero-order valence-electron chi connectivity index (χ0n) is 11.9. The van der Waals surface area contributed by atoms with Crippen molar-refractivity contribution in [3.8, 4) is 0 Å². The molecular formula is C14H20ClN5. The van der Waals surface area contributed by atoms with Crippen LogP contribution in [0.1, 0.15) is 26.7 Å². The van der Waals surface area contributed by atoms with Crippen LogP contribution < -0.4 is 10.6 Å². The Morgan fingerprint density at radius 3 is 3.15 bits per heavy atom. The zero-order chi connectivity index (χ0) is 14.2. The summed E-state index contributed by atoms with van der Waals surface area (Å²) in [6.45, 7) is 6.53. The minimum Gasteiger partial charge on any atom is -0.351 e. The third-order valence-electron chi connectivity index (χ3n) is 4.09. The number of halogens is 1. The van der Waals surface area contributed by atoms with Crippen molar-refractivity contribution in [3.63, 3.8) is 0 Å². The molecule has 3 heterocycles. The van der Waals surface area contributed by atoms with Crippen LogP contribution in [0.15, 0.2) is 18.3 Å². The standard InChI is InChI=1S/C14H20ClN5/c1-14(2)6-3-7-16-11(14)8-17-13-18-12-5-4-10(15)9-20(12)19-13/h4-5,9,11,16H,3,6-8H2,1-2H3,(H,17,19). The van der Waals surface area contributed by atoms with Crippen molar-refractivity contribution in [3.05, 3.63) is 23.4 Å². The van der Waals surface area contributed by atoms with Crippen molar-refractivity contribution >= 4 is 23.2 Å². The van der Waals surface area contributed by atoms with E-state index >= 15 is 0 Å². The third kappa shape index (κ3) is 2.74. The summed E-state index contributed by atoms with van der Waals surface area (Å²) in [5.41, 5.74) is 1.10. The maximum atomic E-state index is 5.95. The maximum absolute atomic E-state index is 5.95. The molecule has 1 saturated heterocycles. The topological polar surface area (TPSA) is 54.2 Å². The second-order valence-electron chi connectivity index (χ2n) is 6.07. The first-order valence-electron chi connectivity index (χ1n) is 7.04. The zero-order valence-corrected chi connectivity index (χ0v) is 12.6. The van der Waals surface area contributed by atoms with E-state index < -0.39 is 0 Å². The average molecular weight is 294 g/mol. The Bertz CT molecular complexity index is 607. The van der Waals surface area contributed by atoms with Crippen molar-refractivity contribution in [1.29, 1.82) is 0 Å². The molecule has 0 spiro atoms. The van der Waals surface area contributed by atoms with Gasteiger partial charge in [0.05, 0.1) is 5.02 Å². The van der Waals surface area contributed by atoms with Gasteiger partial charge in [-0.3, -0.25) is 0 Å². The summed E-state index contributed by atoms with van der Waals surface area (Å²) in [5, 5.41) is 12.0. The maximum Gasteiger partial charge on any atom is 0.243 e. The van der Waals surface area contributed by atoms with Crippen molar-refractivity contribution < 1.29 is 0 Å². The normalized spacial score (nSPS) is 22.1. The highest BCUT2D eigenvalue weighted by Crippen LogP contribution is 2.30. The van der Waals surface area contributed by atoms with E-state index in [9.17, 15) is 0 Å². The van der Waals surface area contributed by atoms with Crippen molar-refractivity contribution in [2.45, 2.75) is 32.7 Å². The Morgan fingerprint density at radius 2 is 2.35 bits per heavy atom. The molecule has 0 aromatic carbocycles. The van der Waals surface area contributed by atoms with Crippen LogP contribution >= 0.6 is 11.6 Å². The molecule has 1 unspecified atom stereocenters. The molecule has 2 N–H and O–H groups in total. The summed E-state index contributed by atoms with van der Waals surface area (Å²) in [6, 6.07) is 4.12. The molecule has 0 bridgehead atoms. The van der Waals surface area contributed by atoms with E-state index in [1.807, 2.05) is 12.1 Å². The number of piperidine rings is 1. The number of pyridine rings is 1. The number of hydrogen-bond donors (Lipinski definition) is 2.